The lowest BCUT2D eigenvalue weighted by molar-refractivity contribution is -0.274. The van der Waals surface area contributed by atoms with E-state index in [2.05, 4.69) is 4.74 Å². The Bertz CT molecular complexity index is 385. The Labute approximate surface area is 98.2 Å². The second kappa shape index (κ2) is 4.29. The maximum atomic E-state index is 12.1. The van der Waals surface area contributed by atoms with E-state index in [1.807, 2.05) is 19.6 Å². The van der Waals surface area contributed by atoms with Crippen LogP contribution in [0.25, 0.3) is 0 Å². The van der Waals surface area contributed by atoms with E-state index in [1.54, 1.807) is 6.07 Å². The largest absolute Gasteiger partial charge is 0.573 e. The van der Waals surface area contributed by atoms with Gasteiger partial charge in [-0.25, -0.2) is 0 Å². The highest BCUT2D eigenvalue weighted by molar-refractivity contribution is 6.88. The molecule has 0 amide bonds. The normalized spacial score (nSPS) is 12.7. The summed E-state index contributed by atoms with van der Waals surface area (Å²) in [6.45, 7) is 6.11. The van der Waals surface area contributed by atoms with Crippen molar-refractivity contribution in [1.29, 1.82) is 0 Å². The lowest BCUT2D eigenvalue weighted by atomic mass is 10.3. The summed E-state index contributed by atoms with van der Waals surface area (Å²) in [5, 5.41) is 0.843. The molecule has 0 saturated heterocycles. The minimum absolute atomic E-state index is 0.0284. The molecule has 0 saturated carbocycles. The molecule has 1 aromatic rings. The van der Waals surface area contributed by atoms with Gasteiger partial charge in [0.15, 0.2) is 0 Å². The summed E-state index contributed by atoms with van der Waals surface area (Å²) in [5.41, 5.74) is 0. The van der Waals surface area contributed by atoms with E-state index in [0.717, 1.165) is 5.19 Å². The first kappa shape index (κ1) is 13.4. The van der Waals surface area contributed by atoms with Crippen molar-refractivity contribution in [3.63, 3.8) is 0 Å². The van der Waals surface area contributed by atoms with Crippen molar-refractivity contribution in [2.24, 2.45) is 0 Å². The molecule has 1 aromatic carbocycles. The van der Waals surface area contributed by atoms with Crippen LogP contribution in [0.5, 0.6) is 5.75 Å². The van der Waals surface area contributed by atoms with Crippen molar-refractivity contribution in [1.82, 2.24) is 0 Å². The lowest BCUT2D eigenvalue weighted by Gasteiger charge is -2.18. The topological polar surface area (TPSA) is 9.23 Å². The molecular formula is C10H12ClF3OSi. The molecule has 0 spiro atoms. The molecule has 1 rings (SSSR count). The summed E-state index contributed by atoms with van der Waals surface area (Å²) in [6.07, 6.45) is -4.71. The van der Waals surface area contributed by atoms with Crippen LogP contribution < -0.4 is 9.92 Å². The highest BCUT2D eigenvalue weighted by Gasteiger charge is 2.32. The molecule has 0 bridgehead atoms. The van der Waals surface area contributed by atoms with E-state index >= 15 is 0 Å². The first-order valence-corrected chi connectivity index (χ1v) is 8.53. The molecule has 0 aliphatic rings. The van der Waals surface area contributed by atoms with Gasteiger partial charge in [-0.1, -0.05) is 42.5 Å². The van der Waals surface area contributed by atoms with Crippen LogP contribution in [-0.4, -0.2) is 14.4 Å². The fourth-order valence-electron chi connectivity index (χ4n) is 1.17. The third-order valence-corrected chi connectivity index (χ3v) is 4.38. The van der Waals surface area contributed by atoms with Gasteiger partial charge in [0.2, 0.25) is 0 Å². The van der Waals surface area contributed by atoms with Crippen LogP contribution in [0, 0.1) is 0 Å². The van der Waals surface area contributed by atoms with Gasteiger partial charge in [-0.15, -0.1) is 13.2 Å². The zero-order valence-electron chi connectivity index (χ0n) is 9.15. The number of hydrogen-bond acceptors (Lipinski definition) is 1. The summed E-state index contributed by atoms with van der Waals surface area (Å²) in [5.74, 6) is -0.325. The van der Waals surface area contributed by atoms with Crippen LogP contribution in [0.1, 0.15) is 0 Å². The van der Waals surface area contributed by atoms with Crippen LogP contribution in [0.2, 0.25) is 24.7 Å². The minimum Gasteiger partial charge on any atom is -0.404 e. The molecule has 0 atom stereocenters. The molecule has 0 aliphatic carbocycles. The van der Waals surface area contributed by atoms with Crippen LogP contribution in [0.3, 0.4) is 0 Å². The van der Waals surface area contributed by atoms with Gasteiger partial charge in [0.25, 0.3) is 0 Å². The molecular weight excluding hydrogens is 257 g/mol. The maximum Gasteiger partial charge on any atom is 0.573 e. The van der Waals surface area contributed by atoms with Gasteiger partial charge in [0.1, 0.15) is 5.75 Å². The number of hydrogen-bond donors (Lipinski definition) is 0. The third kappa shape index (κ3) is 3.72. The standard InChI is InChI=1S/C10H12ClF3OSi/c1-16(2,3)7-4-5-8(11)9(6-7)15-10(12,13)14/h4-6H,1-3H3. The van der Waals surface area contributed by atoms with E-state index in [0.29, 0.717) is 0 Å². The van der Waals surface area contributed by atoms with Crippen LogP contribution in [0.15, 0.2) is 18.2 Å². The quantitative estimate of drug-likeness (QED) is 0.742. The van der Waals surface area contributed by atoms with Crippen molar-refractivity contribution < 1.29 is 17.9 Å². The van der Waals surface area contributed by atoms with Gasteiger partial charge in [0, 0.05) is 0 Å². The Hall–Kier alpha value is -0.683. The number of rotatable bonds is 2. The molecule has 6 heteroatoms. The average molecular weight is 269 g/mol. The maximum absolute atomic E-state index is 12.1. The number of alkyl halides is 3. The minimum atomic E-state index is -4.71. The van der Waals surface area contributed by atoms with Crippen molar-refractivity contribution in [2.45, 2.75) is 26.0 Å². The highest BCUT2D eigenvalue weighted by atomic mass is 35.5. The summed E-state index contributed by atoms with van der Waals surface area (Å²) in [7, 11) is -1.67. The van der Waals surface area contributed by atoms with Crippen molar-refractivity contribution >= 4 is 24.9 Å². The second-order valence-electron chi connectivity index (χ2n) is 4.44. The fourth-order valence-corrected chi connectivity index (χ4v) is 2.48. The van der Waals surface area contributed by atoms with Crippen LogP contribution >= 0.6 is 11.6 Å². The Morgan fingerprint density at radius 3 is 2.19 bits per heavy atom. The van der Waals surface area contributed by atoms with Gasteiger partial charge >= 0.3 is 6.36 Å². The van der Waals surface area contributed by atoms with E-state index in [9.17, 15) is 13.2 Å². The zero-order chi connectivity index (χ0) is 12.6. The first-order chi connectivity index (χ1) is 7.09. The molecule has 0 N–H and O–H groups in total. The Balaban J connectivity index is 3.10. The highest BCUT2D eigenvalue weighted by Crippen LogP contribution is 2.29. The SMILES string of the molecule is C[Si](C)(C)c1ccc(Cl)c(OC(F)(F)F)c1. The van der Waals surface area contributed by atoms with E-state index < -0.39 is 14.4 Å². The third-order valence-electron chi connectivity index (χ3n) is 2.02. The number of ether oxygens (including phenoxy) is 1. The predicted molar refractivity (Wildman–Crippen MR) is 61.1 cm³/mol. The van der Waals surface area contributed by atoms with E-state index in [1.165, 1.54) is 12.1 Å². The van der Waals surface area contributed by atoms with Gasteiger partial charge in [-0.2, -0.15) is 0 Å². The molecule has 0 radical (unpaired) electrons. The molecule has 0 heterocycles. The van der Waals surface area contributed by atoms with E-state index in [4.69, 9.17) is 11.6 Å². The van der Waals surface area contributed by atoms with Gasteiger partial charge in [0.05, 0.1) is 13.1 Å². The molecule has 90 valence electrons. The lowest BCUT2D eigenvalue weighted by Crippen LogP contribution is -2.37. The van der Waals surface area contributed by atoms with E-state index in [-0.39, 0.29) is 10.8 Å². The monoisotopic (exact) mass is 268 g/mol. The Morgan fingerprint density at radius 2 is 1.75 bits per heavy atom. The van der Waals surface area contributed by atoms with Crippen LogP contribution in [0.4, 0.5) is 13.2 Å². The van der Waals surface area contributed by atoms with Gasteiger partial charge < -0.3 is 4.74 Å². The molecule has 1 nitrogen and oxygen atoms in total. The fraction of sp³-hybridized carbons (Fsp3) is 0.400. The average Bonchev–Trinajstić information content (AvgIpc) is 2.04. The summed E-state index contributed by atoms with van der Waals surface area (Å²) in [4.78, 5) is 0. The molecule has 0 aromatic heterocycles. The van der Waals surface area contributed by atoms with Crippen LogP contribution in [-0.2, 0) is 0 Å². The zero-order valence-corrected chi connectivity index (χ0v) is 10.9. The van der Waals surface area contributed by atoms with Crippen molar-refractivity contribution in [2.75, 3.05) is 0 Å². The summed E-state index contributed by atoms with van der Waals surface area (Å²) in [6, 6.07) is 4.57. The Morgan fingerprint density at radius 1 is 1.19 bits per heavy atom. The number of benzene rings is 1. The summed E-state index contributed by atoms with van der Waals surface area (Å²) < 4.78 is 40.1. The van der Waals surface area contributed by atoms with Crippen molar-refractivity contribution in [3.05, 3.63) is 23.2 Å². The predicted octanol–water partition coefficient (Wildman–Crippen LogP) is 3.78. The first-order valence-electron chi connectivity index (χ1n) is 4.65. The Kier molecular flexibility index (Phi) is 3.59. The second-order valence-corrected chi connectivity index (χ2v) is 9.93. The molecule has 0 unspecified atom stereocenters. The van der Waals surface area contributed by atoms with Gasteiger partial charge in [-0.3, -0.25) is 0 Å². The van der Waals surface area contributed by atoms with Crippen molar-refractivity contribution in [3.8, 4) is 5.75 Å². The molecule has 0 fully saturated rings. The summed E-state index contributed by atoms with van der Waals surface area (Å²) >= 11 is 5.64. The number of halogens is 4. The van der Waals surface area contributed by atoms with Gasteiger partial charge in [-0.05, 0) is 12.1 Å². The molecule has 16 heavy (non-hydrogen) atoms. The molecule has 0 aliphatic heterocycles. The smallest absolute Gasteiger partial charge is 0.404 e.